The van der Waals surface area contributed by atoms with Crippen molar-refractivity contribution >= 4 is 8.32 Å². The zero-order chi connectivity index (χ0) is 18.4. The summed E-state index contributed by atoms with van der Waals surface area (Å²) in [5.74, 6) is 0. The minimum absolute atomic E-state index is 0.0596. The molecule has 3 rings (SSSR count). The number of rotatable bonds is 7. The van der Waals surface area contributed by atoms with E-state index in [1.165, 1.54) is 16.7 Å². The highest BCUT2D eigenvalue weighted by molar-refractivity contribution is 6.69. The molecular formula is C23H27NOSi. The van der Waals surface area contributed by atoms with Crippen LogP contribution in [0.2, 0.25) is 19.6 Å². The van der Waals surface area contributed by atoms with E-state index in [0.717, 1.165) is 6.54 Å². The first-order valence-electron chi connectivity index (χ1n) is 9.12. The lowest BCUT2D eigenvalue weighted by Gasteiger charge is -2.36. The van der Waals surface area contributed by atoms with Gasteiger partial charge in [0.05, 0.1) is 6.04 Å². The zero-order valence-electron chi connectivity index (χ0n) is 15.8. The van der Waals surface area contributed by atoms with Gasteiger partial charge in [-0.15, -0.1) is 0 Å². The summed E-state index contributed by atoms with van der Waals surface area (Å²) in [5, 5.41) is 2.17. The van der Waals surface area contributed by atoms with Gasteiger partial charge in [-0.25, -0.2) is 0 Å². The summed E-state index contributed by atoms with van der Waals surface area (Å²) in [6, 6.07) is 31.9. The third kappa shape index (κ3) is 5.15. The Labute approximate surface area is 158 Å². The van der Waals surface area contributed by atoms with E-state index in [9.17, 15) is 0 Å². The summed E-state index contributed by atoms with van der Waals surface area (Å²) in [6.07, 6.45) is 0. The summed E-state index contributed by atoms with van der Waals surface area (Å²) in [7, 11) is -1.78. The first kappa shape index (κ1) is 18.6. The standard InChI is InChI=1S/C23H27NOSi/c1-26(2,3)25-24(19-20-13-7-4-8-14-20)23(21-15-9-5-10-16-21)22-17-11-6-12-18-22/h4-18,23H,19H2,1-3H3. The minimum Gasteiger partial charge on any atom is -0.342 e. The molecule has 3 aromatic carbocycles. The second-order valence-corrected chi connectivity index (χ2v) is 11.9. The van der Waals surface area contributed by atoms with Gasteiger partial charge in [0.1, 0.15) is 0 Å². The predicted molar refractivity (Wildman–Crippen MR) is 111 cm³/mol. The lowest BCUT2D eigenvalue weighted by atomic mass is 9.98. The molecule has 0 amide bonds. The normalized spacial score (nSPS) is 11.9. The molecule has 0 N–H and O–H groups in total. The third-order valence-electron chi connectivity index (χ3n) is 4.09. The number of hydrogen-bond acceptors (Lipinski definition) is 2. The van der Waals surface area contributed by atoms with Gasteiger partial charge in [-0.2, -0.15) is 5.06 Å². The second-order valence-electron chi connectivity index (χ2n) is 7.49. The third-order valence-corrected chi connectivity index (χ3v) is 4.87. The van der Waals surface area contributed by atoms with Crippen LogP contribution in [0.3, 0.4) is 0 Å². The largest absolute Gasteiger partial charge is 0.342 e. The highest BCUT2D eigenvalue weighted by Gasteiger charge is 2.28. The molecule has 0 saturated carbocycles. The smallest absolute Gasteiger partial charge is 0.212 e. The maximum atomic E-state index is 6.58. The van der Waals surface area contributed by atoms with E-state index in [0.29, 0.717) is 0 Å². The van der Waals surface area contributed by atoms with Crippen molar-refractivity contribution < 1.29 is 4.53 Å². The van der Waals surface area contributed by atoms with Crippen LogP contribution in [0.4, 0.5) is 0 Å². The van der Waals surface area contributed by atoms with Gasteiger partial charge in [-0.1, -0.05) is 91.0 Å². The van der Waals surface area contributed by atoms with Gasteiger partial charge in [0, 0.05) is 6.54 Å². The van der Waals surface area contributed by atoms with Crippen molar-refractivity contribution in [3.63, 3.8) is 0 Å². The lowest BCUT2D eigenvalue weighted by molar-refractivity contribution is -0.103. The lowest BCUT2D eigenvalue weighted by Crippen LogP contribution is -2.39. The molecule has 0 aromatic heterocycles. The van der Waals surface area contributed by atoms with Crippen molar-refractivity contribution in [2.24, 2.45) is 0 Å². The number of nitrogens with zero attached hydrogens (tertiary/aromatic N) is 1. The summed E-state index contributed by atoms with van der Waals surface area (Å²) < 4.78 is 6.58. The number of benzene rings is 3. The summed E-state index contributed by atoms with van der Waals surface area (Å²) in [5.41, 5.74) is 3.74. The average Bonchev–Trinajstić information content (AvgIpc) is 2.63. The van der Waals surface area contributed by atoms with Gasteiger partial charge in [0.15, 0.2) is 0 Å². The second kappa shape index (κ2) is 8.45. The van der Waals surface area contributed by atoms with Crippen molar-refractivity contribution in [1.82, 2.24) is 5.06 Å². The van der Waals surface area contributed by atoms with Crippen LogP contribution in [0, 0.1) is 0 Å². The van der Waals surface area contributed by atoms with E-state index in [2.05, 4.69) is 116 Å². The topological polar surface area (TPSA) is 12.5 Å². The molecule has 0 unspecified atom stereocenters. The van der Waals surface area contributed by atoms with E-state index in [1.807, 2.05) is 0 Å². The van der Waals surface area contributed by atoms with Crippen molar-refractivity contribution in [3.05, 3.63) is 108 Å². The molecule has 0 heterocycles. The molecule has 0 radical (unpaired) electrons. The molecule has 3 aromatic rings. The zero-order valence-corrected chi connectivity index (χ0v) is 16.8. The molecule has 0 saturated heterocycles. The molecule has 26 heavy (non-hydrogen) atoms. The van der Waals surface area contributed by atoms with Crippen LogP contribution >= 0.6 is 0 Å². The molecule has 0 atom stereocenters. The van der Waals surface area contributed by atoms with Crippen molar-refractivity contribution in [2.45, 2.75) is 32.2 Å². The molecule has 0 spiro atoms. The van der Waals surface area contributed by atoms with Gasteiger partial charge in [-0.3, -0.25) is 0 Å². The Kier molecular flexibility index (Phi) is 6.04. The molecule has 0 aliphatic heterocycles. The minimum atomic E-state index is -1.78. The van der Waals surface area contributed by atoms with E-state index in [1.54, 1.807) is 0 Å². The van der Waals surface area contributed by atoms with Crippen LogP contribution < -0.4 is 0 Å². The Morgan fingerprint density at radius 3 is 1.54 bits per heavy atom. The Bertz CT molecular complexity index is 745. The van der Waals surface area contributed by atoms with Gasteiger partial charge in [0.25, 0.3) is 0 Å². The van der Waals surface area contributed by atoms with E-state index >= 15 is 0 Å². The molecule has 134 valence electrons. The Balaban J connectivity index is 2.03. The van der Waals surface area contributed by atoms with Gasteiger partial charge in [0.2, 0.25) is 8.32 Å². The summed E-state index contributed by atoms with van der Waals surface area (Å²) in [6.45, 7) is 7.45. The Morgan fingerprint density at radius 1 is 0.692 bits per heavy atom. The van der Waals surface area contributed by atoms with E-state index in [-0.39, 0.29) is 6.04 Å². The fourth-order valence-corrected chi connectivity index (χ4v) is 3.96. The SMILES string of the molecule is C[Si](C)(C)ON(Cc1ccccc1)C(c1ccccc1)c1ccccc1. The van der Waals surface area contributed by atoms with E-state index in [4.69, 9.17) is 4.53 Å². The first-order chi connectivity index (χ1) is 12.5. The average molecular weight is 362 g/mol. The molecule has 0 aliphatic carbocycles. The van der Waals surface area contributed by atoms with Gasteiger partial charge < -0.3 is 4.53 Å². The fourth-order valence-electron chi connectivity index (χ4n) is 3.09. The summed E-state index contributed by atoms with van der Waals surface area (Å²) in [4.78, 5) is 0. The Hall–Kier alpha value is -2.20. The first-order valence-corrected chi connectivity index (χ1v) is 12.5. The van der Waals surface area contributed by atoms with Crippen LogP contribution in [0.25, 0.3) is 0 Å². The summed E-state index contributed by atoms with van der Waals surface area (Å²) >= 11 is 0. The highest BCUT2D eigenvalue weighted by atomic mass is 28.4. The van der Waals surface area contributed by atoms with Crippen LogP contribution in [0.15, 0.2) is 91.0 Å². The molecule has 0 bridgehead atoms. The van der Waals surface area contributed by atoms with Crippen molar-refractivity contribution in [3.8, 4) is 0 Å². The van der Waals surface area contributed by atoms with Crippen LogP contribution in [0.5, 0.6) is 0 Å². The quantitative estimate of drug-likeness (QED) is 0.375. The molecule has 0 fully saturated rings. The fraction of sp³-hybridized carbons (Fsp3) is 0.217. The molecular weight excluding hydrogens is 334 g/mol. The molecule has 3 heteroatoms. The van der Waals surface area contributed by atoms with Crippen molar-refractivity contribution in [1.29, 1.82) is 0 Å². The molecule has 0 aliphatic rings. The molecule has 2 nitrogen and oxygen atoms in total. The number of hydrogen-bond donors (Lipinski definition) is 0. The van der Waals surface area contributed by atoms with Crippen LogP contribution in [-0.4, -0.2) is 13.4 Å². The maximum absolute atomic E-state index is 6.58. The van der Waals surface area contributed by atoms with Crippen LogP contribution in [0.1, 0.15) is 22.7 Å². The van der Waals surface area contributed by atoms with Crippen molar-refractivity contribution in [2.75, 3.05) is 0 Å². The van der Waals surface area contributed by atoms with Gasteiger partial charge in [-0.05, 0) is 36.3 Å². The maximum Gasteiger partial charge on any atom is 0.212 e. The Morgan fingerprint density at radius 2 is 1.12 bits per heavy atom. The van der Waals surface area contributed by atoms with E-state index < -0.39 is 8.32 Å². The van der Waals surface area contributed by atoms with Crippen LogP contribution in [-0.2, 0) is 11.1 Å². The predicted octanol–water partition coefficient (Wildman–Crippen LogP) is 6.04. The highest BCUT2D eigenvalue weighted by Crippen LogP contribution is 2.31. The number of hydroxylamine groups is 2. The van der Waals surface area contributed by atoms with Gasteiger partial charge >= 0.3 is 0 Å². The monoisotopic (exact) mass is 361 g/mol.